The number of nitrogens with zero attached hydrogens (tertiary/aromatic N) is 2. The van der Waals surface area contributed by atoms with E-state index in [9.17, 15) is 0 Å². The molecule has 5 nitrogen and oxygen atoms in total. The molecular weight excluding hydrogens is 302 g/mol. The maximum atomic E-state index is 5.91. The summed E-state index contributed by atoms with van der Waals surface area (Å²) in [5.74, 6) is 2.63. The predicted molar refractivity (Wildman–Crippen MR) is 94.6 cm³/mol. The van der Waals surface area contributed by atoms with Crippen molar-refractivity contribution in [2.75, 3.05) is 20.0 Å². The molecular formula is C19H25N3O2. The van der Waals surface area contributed by atoms with Crippen LogP contribution in [0.5, 0.6) is 11.5 Å². The summed E-state index contributed by atoms with van der Waals surface area (Å²) in [6, 6.07) is 7.89. The van der Waals surface area contributed by atoms with E-state index in [1.165, 1.54) is 37.7 Å². The molecule has 0 aliphatic heterocycles. The summed E-state index contributed by atoms with van der Waals surface area (Å²) in [7, 11) is 3.33. The third-order valence-corrected chi connectivity index (χ3v) is 4.82. The van der Waals surface area contributed by atoms with Gasteiger partial charge in [-0.1, -0.05) is 25.3 Å². The van der Waals surface area contributed by atoms with E-state index in [0.29, 0.717) is 18.2 Å². The van der Waals surface area contributed by atoms with Crippen molar-refractivity contribution in [1.29, 1.82) is 0 Å². The van der Waals surface area contributed by atoms with E-state index in [1.54, 1.807) is 14.2 Å². The van der Waals surface area contributed by atoms with Crippen molar-refractivity contribution in [1.82, 2.24) is 10.2 Å². The molecule has 1 aromatic carbocycles. The second kappa shape index (κ2) is 7.51. The van der Waals surface area contributed by atoms with Crippen LogP contribution in [0.1, 0.15) is 54.8 Å². The molecule has 1 aliphatic carbocycles. The summed E-state index contributed by atoms with van der Waals surface area (Å²) in [5, 5.41) is 8.49. The Morgan fingerprint density at radius 3 is 2.54 bits per heavy atom. The molecule has 0 saturated heterocycles. The summed E-state index contributed by atoms with van der Waals surface area (Å²) < 4.78 is 10.8. The van der Waals surface area contributed by atoms with Gasteiger partial charge in [0.05, 0.1) is 19.9 Å². The van der Waals surface area contributed by atoms with Crippen LogP contribution in [0.25, 0.3) is 0 Å². The molecule has 1 heterocycles. The van der Waals surface area contributed by atoms with Gasteiger partial charge in [-0.25, -0.2) is 0 Å². The van der Waals surface area contributed by atoms with Gasteiger partial charge in [0.1, 0.15) is 17.3 Å². The van der Waals surface area contributed by atoms with Gasteiger partial charge in [-0.2, -0.15) is 5.10 Å². The van der Waals surface area contributed by atoms with Crippen LogP contribution in [0.15, 0.2) is 24.3 Å². The lowest BCUT2D eigenvalue weighted by Crippen LogP contribution is -2.12. The highest BCUT2D eigenvalue weighted by Crippen LogP contribution is 2.36. The van der Waals surface area contributed by atoms with Gasteiger partial charge in [-0.15, -0.1) is 5.10 Å². The van der Waals surface area contributed by atoms with Crippen molar-refractivity contribution in [2.45, 2.75) is 44.4 Å². The summed E-state index contributed by atoms with van der Waals surface area (Å²) in [4.78, 5) is 0. The fourth-order valence-corrected chi connectivity index (χ4v) is 3.53. The third-order valence-electron chi connectivity index (χ3n) is 4.82. The minimum absolute atomic E-state index is 0.501. The zero-order valence-corrected chi connectivity index (χ0v) is 14.4. The Bertz CT molecular complexity index is 697. The van der Waals surface area contributed by atoms with Crippen molar-refractivity contribution in [3.63, 3.8) is 0 Å². The van der Waals surface area contributed by atoms with Gasteiger partial charge in [-0.05, 0) is 36.5 Å². The van der Waals surface area contributed by atoms with Crippen molar-refractivity contribution in [3.8, 4) is 11.5 Å². The Morgan fingerprint density at radius 1 is 1.04 bits per heavy atom. The highest BCUT2D eigenvalue weighted by Gasteiger charge is 2.21. The average Bonchev–Trinajstić information content (AvgIpc) is 2.64. The van der Waals surface area contributed by atoms with E-state index in [-0.39, 0.29) is 0 Å². The predicted octanol–water partition coefficient (Wildman–Crippen LogP) is 3.71. The molecule has 0 atom stereocenters. The summed E-state index contributed by atoms with van der Waals surface area (Å²) >= 11 is 0. The maximum absolute atomic E-state index is 5.91. The van der Waals surface area contributed by atoms with Crippen LogP contribution in [0.2, 0.25) is 0 Å². The Balaban J connectivity index is 1.92. The molecule has 1 fully saturated rings. The first-order valence-corrected chi connectivity index (χ1v) is 8.54. The van der Waals surface area contributed by atoms with Crippen molar-refractivity contribution in [3.05, 3.63) is 41.1 Å². The fraction of sp³-hybridized carbons (Fsp3) is 0.474. The zero-order chi connectivity index (χ0) is 16.9. The van der Waals surface area contributed by atoms with E-state index < -0.39 is 0 Å². The van der Waals surface area contributed by atoms with Gasteiger partial charge in [-0.3, -0.25) is 0 Å². The molecule has 3 rings (SSSR count). The van der Waals surface area contributed by atoms with E-state index in [0.717, 1.165) is 22.8 Å². The Hall–Kier alpha value is -2.30. The highest BCUT2D eigenvalue weighted by molar-refractivity contribution is 5.44. The van der Waals surface area contributed by atoms with E-state index in [2.05, 4.69) is 10.2 Å². The molecule has 0 radical (unpaired) electrons. The molecule has 1 saturated carbocycles. The number of hydrogen-bond acceptors (Lipinski definition) is 5. The SMILES string of the molecule is COc1ccc(Cc2nnc(N)cc2C2CCCCC2)c(OC)c1. The van der Waals surface area contributed by atoms with Gasteiger partial charge in [0, 0.05) is 18.1 Å². The van der Waals surface area contributed by atoms with Crippen LogP contribution < -0.4 is 15.2 Å². The molecule has 2 aromatic rings. The van der Waals surface area contributed by atoms with Crippen LogP contribution in [-0.2, 0) is 6.42 Å². The lowest BCUT2D eigenvalue weighted by Gasteiger charge is -2.24. The van der Waals surface area contributed by atoms with Gasteiger partial charge >= 0.3 is 0 Å². The van der Waals surface area contributed by atoms with Gasteiger partial charge in [0.25, 0.3) is 0 Å². The molecule has 0 unspecified atom stereocenters. The van der Waals surface area contributed by atoms with Crippen LogP contribution in [0, 0.1) is 0 Å². The lowest BCUT2D eigenvalue weighted by atomic mass is 9.82. The number of nitrogen functional groups attached to an aromatic ring is 1. The normalized spacial score (nSPS) is 15.2. The van der Waals surface area contributed by atoms with Gasteiger partial charge in [0.15, 0.2) is 0 Å². The number of aromatic nitrogens is 2. The van der Waals surface area contributed by atoms with E-state index >= 15 is 0 Å². The zero-order valence-electron chi connectivity index (χ0n) is 14.4. The topological polar surface area (TPSA) is 70.3 Å². The summed E-state index contributed by atoms with van der Waals surface area (Å²) in [6.07, 6.45) is 6.98. The van der Waals surface area contributed by atoms with E-state index in [1.807, 2.05) is 24.3 Å². The molecule has 0 amide bonds. The number of nitrogens with two attached hydrogens (primary N) is 1. The highest BCUT2D eigenvalue weighted by atomic mass is 16.5. The van der Waals surface area contributed by atoms with E-state index in [4.69, 9.17) is 15.2 Å². The molecule has 0 bridgehead atoms. The first-order chi connectivity index (χ1) is 11.7. The molecule has 1 aliphatic rings. The van der Waals surface area contributed by atoms with Crippen molar-refractivity contribution < 1.29 is 9.47 Å². The molecule has 0 spiro atoms. The smallest absolute Gasteiger partial charge is 0.146 e. The average molecular weight is 327 g/mol. The Morgan fingerprint density at radius 2 is 1.83 bits per heavy atom. The van der Waals surface area contributed by atoms with Gasteiger partial charge < -0.3 is 15.2 Å². The third kappa shape index (κ3) is 3.61. The largest absolute Gasteiger partial charge is 0.497 e. The minimum Gasteiger partial charge on any atom is -0.497 e. The lowest BCUT2D eigenvalue weighted by molar-refractivity contribution is 0.391. The van der Waals surface area contributed by atoms with Crippen LogP contribution in [-0.4, -0.2) is 24.4 Å². The number of hydrogen-bond donors (Lipinski definition) is 1. The molecule has 2 N–H and O–H groups in total. The van der Waals surface area contributed by atoms with Crippen molar-refractivity contribution in [2.24, 2.45) is 0 Å². The first-order valence-electron chi connectivity index (χ1n) is 8.54. The maximum Gasteiger partial charge on any atom is 0.146 e. The monoisotopic (exact) mass is 327 g/mol. The summed E-state index contributed by atoms with van der Waals surface area (Å²) in [6.45, 7) is 0. The van der Waals surface area contributed by atoms with Crippen LogP contribution in [0.4, 0.5) is 5.82 Å². The first kappa shape index (κ1) is 16.6. The second-order valence-corrected chi connectivity index (χ2v) is 6.36. The Kier molecular flexibility index (Phi) is 5.18. The number of ether oxygens (including phenoxy) is 2. The van der Waals surface area contributed by atoms with Crippen LogP contribution in [0.3, 0.4) is 0 Å². The van der Waals surface area contributed by atoms with Gasteiger partial charge in [0.2, 0.25) is 0 Å². The Labute approximate surface area is 143 Å². The number of methoxy groups -OCH3 is 2. The summed E-state index contributed by atoms with van der Waals surface area (Å²) in [5.41, 5.74) is 9.23. The number of benzene rings is 1. The minimum atomic E-state index is 0.501. The quantitative estimate of drug-likeness (QED) is 0.906. The van der Waals surface area contributed by atoms with Crippen molar-refractivity contribution >= 4 is 5.82 Å². The fourth-order valence-electron chi connectivity index (χ4n) is 3.53. The second-order valence-electron chi connectivity index (χ2n) is 6.36. The molecule has 1 aromatic heterocycles. The number of rotatable bonds is 5. The molecule has 5 heteroatoms. The number of anilines is 1. The molecule has 128 valence electrons. The standard InChI is InChI=1S/C19H25N3O2/c1-23-15-9-8-14(18(11-15)24-2)10-17-16(12-19(20)22-21-17)13-6-4-3-5-7-13/h8-9,11-13H,3-7,10H2,1-2H3,(H2,20,22). The molecule has 24 heavy (non-hydrogen) atoms. The van der Waals surface area contributed by atoms with Crippen LogP contribution >= 0.6 is 0 Å².